The average Bonchev–Trinajstić information content (AvgIpc) is 2.84. The van der Waals surface area contributed by atoms with E-state index in [1.54, 1.807) is 7.05 Å². The number of carboxylic acid groups (broad SMARTS) is 1. The molecule has 2 heterocycles. The van der Waals surface area contributed by atoms with Gasteiger partial charge in [0.2, 0.25) is 11.5 Å². The van der Waals surface area contributed by atoms with E-state index < -0.39 is 5.97 Å². The average molecular weight is 220 g/mol. The van der Waals surface area contributed by atoms with Crippen LogP contribution >= 0.6 is 0 Å². The molecule has 0 amide bonds. The largest absolute Gasteiger partial charge is 0.475 e. The van der Waals surface area contributed by atoms with E-state index in [2.05, 4.69) is 5.10 Å². The van der Waals surface area contributed by atoms with Gasteiger partial charge in [-0.25, -0.2) is 4.79 Å². The first-order valence-electron chi connectivity index (χ1n) is 4.44. The topological polar surface area (TPSA) is 85.3 Å². The Kier molecular flexibility index (Phi) is 2.32. The van der Waals surface area contributed by atoms with Gasteiger partial charge in [0.15, 0.2) is 5.76 Å². The third-order valence-electron chi connectivity index (χ3n) is 2.01. The van der Waals surface area contributed by atoms with Crippen molar-refractivity contribution in [1.29, 1.82) is 0 Å². The molecule has 16 heavy (non-hydrogen) atoms. The van der Waals surface area contributed by atoms with Gasteiger partial charge in [-0.15, -0.1) is 0 Å². The van der Waals surface area contributed by atoms with Crippen LogP contribution < -0.4 is 0 Å². The molecule has 0 spiro atoms. The van der Waals surface area contributed by atoms with Gasteiger partial charge in [-0.3, -0.25) is 9.48 Å². The zero-order valence-corrected chi connectivity index (χ0v) is 8.38. The molecular formula is C10H8N2O4. The number of aromatic carboxylic acids is 1. The summed E-state index contributed by atoms with van der Waals surface area (Å²) in [6, 6.07) is 2.57. The van der Waals surface area contributed by atoms with Gasteiger partial charge in [0.1, 0.15) is 0 Å². The molecule has 0 atom stereocenters. The molecule has 6 heteroatoms. The summed E-state index contributed by atoms with van der Waals surface area (Å²) in [4.78, 5) is 22.3. The summed E-state index contributed by atoms with van der Waals surface area (Å²) < 4.78 is 6.36. The van der Waals surface area contributed by atoms with Crippen LogP contribution in [0.5, 0.6) is 0 Å². The molecule has 2 rings (SSSR count). The van der Waals surface area contributed by atoms with Crippen LogP contribution in [0.4, 0.5) is 0 Å². The number of ketones is 1. The molecular weight excluding hydrogens is 212 g/mol. The van der Waals surface area contributed by atoms with Crippen LogP contribution in [0.15, 0.2) is 28.9 Å². The number of aryl methyl sites for hydroxylation is 1. The SMILES string of the molecule is Cn1cc(C(=O)c2ccc(C(=O)O)o2)cn1. The van der Waals surface area contributed by atoms with Crippen molar-refractivity contribution >= 4 is 11.8 Å². The fourth-order valence-electron chi connectivity index (χ4n) is 1.26. The smallest absolute Gasteiger partial charge is 0.371 e. The summed E-state index contributed by atoms with van der Waals surface area (Å²) in [7, 11) is 1.68. The summed E-state index contributed by atoms with van der Waals surface area (Å²) in [6.07, 6.45) is 2.93. The van der Waals surface area contributed by atoms with Gasteiger partial charge < -0.3 is 9.52 Å². The standard InChI is InChI=1S/C10H8N2O4/c1-12-5-6(4-11-12)9(13)7-2-3-8(16-7)10(14)15/h2-5H,1H3,(H,14,15). The molecule has 0 saturated carbocycles. The number of nitrogens with zero attached hydrogens (tertiary/aromatic N) is 2. The Bertz CT molecular complexity index is 553. The number of carboxylic acids is 1. The zero-order chi connectivity index (χ0) is 11.7. The lowest BCUT2D eigenvalue weighted by Crippen LogP contribution is -1.98. The van der Waals surface area contributed by atoms with Gasteiger partial charge >= 0.3 is 5.97 Å². The van der Waals surface area contributed by atoms with Gasteiger partial charge in [-0.1, -0.05) is 0 Å². The van der Waals surface area contributed by atoms with Gasteiger partial charge in [-0.2, -0.15) is 5.10 Å². The van der Waals surface area contributed by atoms with Crippen molar-refractivity contribution in [2.45, 2.75) is 0 Å². The molecule has 0 bridgehead atoms. The molecule has 2 aromatic heterocycles. The van der Waals surface area contributed by atoms with Crippen LogP contribution in [0.3, 0.4) is 0 Å². The van der Waals surface area contributed by atoms with Gasteiger partial charge in [0.25, 0.3) is 0 Å². The number of hydrogen-bond acceptors (Lipinski definition) is 4. The minimum atomic E-state index is -1.20. The summed E-state index contributed by atoms with van der Waals surface area (Å²) in [5.41, 5.74) is 0.355. The van der Waals surface area contributed by atoms with E-state index in [4.69, 9.17) is 9.52 Å². The minimum Gasteiger partial charge on any atom is -0.475 e. The Labute approximate surface area is 90.1 Å². The quantitative estimate of drug-likeness (QED) is 0.778. The van der Waals surface area contributed by atoms with E-state index in [1.807, 2.05) is 0 Å². The second-order valence-electron chi connectivity index (χ2n) is 3.20. The maximum absolute atomic E-state index is 11.8. The van der Waals surface area contributed by atoms with Gasteiger partial charge in [0, 0.05) is 13.2 Å². The molecule has 0 fully saturated rings. The second-order valence-corrected chi connectivity index (χ2v) is 3.20. The number of hydrogen-bond donors (Lipinski definition) is 1. The van der Waals surface area contributed by atoms with Gasteiger partial charge in [-0.05, 0) is 12.1 Å². The molecule has 82 valence electrons. The number of aromatic nitrogens is 2. The molecule has 0 aliphatic heterocycles. The Hall–Kier alpha value is -2.37. The molecule has 0 aliphatic rings. The number of rotatable bonds is 3. The van der Waals surface area contributed by atoms with E-state index >= 15 is 0 Å². The highest BCUT2D eigenvalue weighted by molar-refractivity contribution is 6.07. The number of carbonyl (C=O) groups is 2. The first-order valence-corrected chi connectivity index (χ1v) is 4.44. The summed E-state index contributed by atoms with van der Waals surface area (Å²) in [6.45, 7) is 0. The minimum absolute atomic E-state index is 0.00889. The molecule has 2 aromatic rings. The predicted molar refractivity (Wildman–Crippen MR) is 52.3 cm³/mol. The molecule has 0 radical (unpaired) electrons. The number of carbonyl (C=O) groups excluding carboxylic acids is 1. The second kappa shape index (κ2) is 3.65. The highest BCUT2D eigenvalue weighted by atomic mass is 16.4. The number of furan rings is 1. The highest BCUT2D eigenvalue weighted by Crippen LogP contribution is 2.12. The van der Waals surface area contributed by atoms with Crippen LogP contribution in [0, 0.1) is 0 Å². The molecule has 0 unspecified atom stereocenters. The van der Waals surface area contributed by atoms with Crippen molar-refractivity contribution in [2.75, 3.05) is 0 Å². The monoisotopic (exact) mass is 220 g/mol. The van der Waals surface area contributed by atoms with E-state index in [9.17, 15) is 9.59 Å². The Morgan fingerprint density at radius 3 is 2.56 bits per heavy atom. The third-order valence-corrected chi connectivity index (χ3v) is 2.01. The van der Waals surface area contributed by atoms with Crippen molar-refractivity contribution in [3.05, 3.63) is 41.6 Å². The maximum Gasteiger partial charge on any atom is 0.371 e. The predicted octanol–water partition coefficient (Wildman–Crippen LogP) is 0.942. The maximum atomic E-state index is 11.8. The summed E-state index contributed by atoms with van der Waals surface area (Å²) >= 11 is 0. The molecule has 1 N–H and O–H groups in total. The first-order chi connectivity index (χ1) is 7.58. The van der Waals surface area contributed by atoms with E-state index in [0.29, 0.717) is 5.56 Å². The Morgan fingerprint density at radius 1 is 1.38 bits per heavy atom. The van der Waals surface area contributed by atoms with Crippen molar-refractivity contribution < 1.29 is 19.1 Å². The van der Waals surface area contributed by atoms with Crippen molar-refractivity contribution in [1.82, 2.24) is 9.78 Å². The molecule has 0 saturated heterocycles. The lowest BCUT2D eigenvalue weighted by Gasteiger charge is -1.91. The first kappa shape index (κ1) is 10.2. The highest BCUT2D eigenvalue weighted by Gasteiger charge is 2.17. The van der Waals surface area contributed by atoms with Crippen molar-refractivity contribution in [2.24, 2.45) is 7.05 Å². The normalized spacial score (nSPS) is 10.3. The summed E-state index contributed by atoms with van der Waals surface area (Å²) in [5.74, 6) is -1.86. The fraction of sp³-hybridized carbons (Fsp3) is 0.100. The Balaban J connectivity index is 2.30. The zero-order valence-electron chi connectivity index (χ0n) is 8.38. The Morgan fingerprint density at radius 2 is 2.06 bits per heavy atom. The van der Waals surface area contributed by atoms with Crippen LogP contribution in [0.2, 0.25) is 0 Å². The third kappa shape index (κ3) is 1.72. The molecule has 0 aromatic carbocycles. The summed E-state index contributed by atoms with van der Waals surface area (Å²) in [5, 5.41) is 12.5. The molecule has 0 aliphatic carbocycles. The van der Waals surface area contributed by atoms with E-state index in [0.717, 1.165) is 0 Å². The van der Waals surface area contributed by atoms with E-state index in [1.165, 1.54) is 29.2 Å². The van der Waals surface area contributed by atoms with Crippen molar-refractivity contribution in [3.8, 4) is 0 Å². The lowest BCUT2D eigenvalue weighted by molar-refractivity contribution is 0.0660. The van der Waals surface area contributed by atoms with Crippen molar-refractivity contribution in [3.63, 3.8) is 0 Å². The molecule has 6 nitrogen and oxygen atoms in total. The fourth-order valence-corrected chi connectivity index (χ4v) is 1.26. The van der Waals surface area contributed by atoms with Gasteiger partial charge in [0.05, 0.1) is 11.8 Å². The van der Waals surface area contributed by atoms with Crippen LogP contribution in [0.1, 0.15) is 26.7 Å². The lowest BCUT2D eigenvalue weighted by atomic mass is 10.2. The van der Waals surface area contributed by atoms with Crippen LogP contribution in [0.25, 0.3) is 0 Å². The van der Waals surface area contributed by atoms with Crippen LogP contribution in [-0.2, 0) is 7.05 Å². The van der Waals surface area contributed by atoms with Crippen LogP contribution in [-0.4, -0.2) is 26.6 Å². The van der Waals surface area contributed by atoms with E-state index in [-0.39, 0.29) is 17.3 Å².